The quantitative estimate of drug-likeness (QED) is 0.687. The fourth-order valence-corrected chi connectivity index (χ4v) is 2.37. The lowest BCUT2D eigenvalue weighted by molar-refractivity contribution is -0.118. The Kier molecular flexibility index (Phi) is 5.78. The minimum absolute atomic E-state index is 0.0703. The van der Waals surface area contributed by atoms with E-state index in [1.807, 2.05) is 0 Å². The molecule has 0 aliphatic carbocycles. The Hall–Kier alpha value is -3.55. The molecule has 2 aromatic heterocycles. The highest BCUT2D eigenvalue weighted by Crippen LogP contribution is 2.12. The minimum Gasteiger partial charge on any atom is -0.346 e. The van der Waals surface area contributed by atoms with Gasteiger partial charge in [-0.15, -0.1) is 0 Å². The molecule has 0 atom stereocenters. The average Bonchev–Trinajstić information content (AvgIpc) is 3.18. The number of halogens is 1. The van der Waals surface area contributed by atoms with Crippen LogP contribution in [0.4, 0.5) is 10.1 Å². The van der Waals surface area contributed by atoms with Crippen molar-refractivity contribution in [3.63, 3.8) is 0 Å². The van der Waals surface area contributed by atoms with Crippen LogP contribution in [0.2, 0.25) is 0 Å². The summed E-state index contributed by atoms with van der Waals surface area (Å²) < 4.78 is 15.2. The molecule has 28 heavy (non-hydrogen) atoms. The lowest BCUT2D eigenvalue weighted by Gasteiger charge is -2.08. The molecule has 8 heteroatoms. The van der Waals surface area contributed by atoms with Gasteiger partial charge in [-0.1, -0.05) is 32.0 Å². The third-order valence-corrected chi connectivity index (χ3v) is 4.02. The van der Waals surface area contributed by atoms with E-state index in [9.17, 15) is 14.0 Å². The molecule has 2 heterocycles. The third kappa shape index (κ3) is 4.59. The zero-order chi connectivity index (χ0) is 20.1. The molecular formula is C20H20FN5O2. The van der Waals surface area contributed by atoms with Gasteiger partial charge in [-0.05, 0) is 18.2 Å². The van der Waals surface area contributed by atoms with Gasteiger partial charge in [0.05, 0.1) is 11.9 Å². The minimum atomic E-state index is -0.414. The highest BCUT2D eigenvalue weighted by molar-refractivity contribution is 5.92. The van der Waals surface area contributed by atoms with E-state index in [1.165, 1.54) is 24.8 Å². The smallest absolute Gasteiger partial charge is 0.271 e. The largest absolute Gasteiger partial charge is 0.346 e. The number of carbonyl (C=O) groups is 2. The molecule has 0 fully saturated rings. The van der Waals surface area contributed by atoms with Gasteiger partial charge < -0.3 is 10.6 Å². The van der Waals surface area contributed by atoms with E-state index in [2.05, 4.69) is 20.6 Å². The number of rotatable bonds is 6. The monoisotopic (exact) mass is 381 g/mol. The molecule has 2 N–H and O–H groups in total. The number of carbonyl (C=O) groups excluding carboxylic acids is 2. The van der Waals surface area contributed by atoms with E-state index in [0.29, 0.717) is 17.1 Å². The van der Waals surface area contributed by atoms with Crippen LogP contribution in [-0.4, -0.2) is 26.3 Å². The molecule has 0 spiro atoms. The molecule has 7 nitrogen and oxygen atoms in total. The average molecular weight is 381 g/mol. The van der Waals surface area contributed by atoms with Crippen molar-refractivity contribution in [2.24, 2.45) is 5.92 Å². The molecule has 0 aliphatic heterocycles. The van der Waals surface area contributed by atoms with Gasteiger partial charge in [-0.2, -0.15) is 0 Å². The van der Waals surface area contributed by atoms with E-state index < -0.39 is 5.91 Å². The van der Waals surface area contributed by atoms with Crippen LogP contribution < -0.4 is 10.6 Å². The molecule has 0 bridgehead atoms. The zero-order valence-corrected chi connectivity index (χ0v) is 15.5. The van der Waals surface area contributed by atoms with Crippen LogP contribution in [0, 0.1) is 11.7 Å². The number of pyridine rings is 1. The Balaban J connectivity index is 1.64. The number of nitrogens with one attached hydrogen (secondary N) is 2. The molecule has 0 radical (unpaired) electrons. The topological polar surface area (TPSA) is 88.9 Å². The van der Waals surface area contributed by atoms with E-state index >= 15 is 0 Å². The summed E-state index contributed by atoms with van der Waals surface area (Å²) in [4.78, 5) is 32.3. The first kappa shape index (κ1) is 19.2. The number of benzene rings is 1. The van der Waals surface area contributed by atoms with Crippen LogP contribution in [0.15, 0.2) is 55.1 Å². The van der Waals surface area contributed by atoms with Gasteiger partial charge >= 0.3 is 0 Å². The van der Waals surface area contributed by atoms with Crippen molar-refractivity contribution in [3.8, 4) is 5.82 Å². The number of hydrogen-bond donors (Lipinski definition) is 2. The summed E-state index contributed by atoms with van der Waals surface area (Å²) in [6.45, 7) is 3.68. The summed E-state index contributed by atoms with van der Waals surface area (Å²) in [5.41, 5.74) is 1.18. The third-order valence-electron chi connectivity index (χ3n) is 4.02. The standard InChI is InChI=1S/C20H20FN5O2/c1-13(2)19(27)25-15-7-8-18(22-10-15)26-11-17(24-12-26)20(28)23-9-14-5-3-4-6-16(14)21/h3-8,10-13H,9H2,1-2H3,(H,23,28)(H,25,27). The zero-order valence-electron chi connectivity index (χ0n) is 15.5. The molecule has 2 amide bonds. The number of aromatic nitrogens is 3. The number of nitrogens with zero attached hydrogens (tertiary/aromatic N) is 3. The van der Waals surface area contributed by atoms with Gasteiger partial charge in [0.1, 0.15) is 23.7 Å². The maximum Gasteiger partial charge on any atom is 0.271 e. The maximum atomic E-state index is 13.6. The van der Waals surface area contributed by atoms with Crippen LogP contribution in [0.1, 0.15) is 29.9 Å². The molecule has 0 saturated heterocycles. The molecule has 0 unspecified atom stereocenters. The second-order valence-corrected chi connectivity index (χ2v) is 6.49. The second kappa shape index (κ2) is 8.43. The fourth-order valence-electron chi connectivity index (χ4n) is 2.37. The van der Waals surface area contributed by atoms with Crippen LogP contribution in [0.3, 0.4) is 0 Å². The Bertz CT molecular complexity index is 982. The van der Waals surface area contributed by atoms with Gasteiger partial charge in [0, 0.05) is 24.2 Å². The van der Waals surface area contributed by atoms with E-state index in [4.69, 9.17) is 0 Å². The summed E-state index contributed by atoms with van der Waals surface area (Å²) in [6.07, 6.45) is 4.53. The number of anilines is 1. The van der Waals surface area contributed by atoms with Gasteiger partial charge in [0.2, 0.25) is 5.91 Å². The predicted molar refractivity (Wildman–Crippen MR) is 102 cm³/mol. The Morgan fingerprint density at radius 2 is 1.93 bits per heavy atom. The first-order valence-electron chi connectivity index (χ1n) is 8.77. The van der Waals surface area contributed by atoms with Crippen molar-refractivity contribution < 1.29 is 14.0 Å². The van der Waals surface area contributed by atoms with Crippen molar-refractivity contribution >= 4 is 17.5 Å². The lowest BCUT2D eigenvalue weighted by Crippen LogP contribution is -2.23. The molecule has 3 rings (SSSR count). The first-order valence-corrected chi connectivity index (χ1v) is 8.77. The number of hydrogen-bond acceptors (Lipinski definition) is 4. The fraction of sp³-hybridized carbons (Fsp3) is 0.200. The Morgan fingerprint density at radius 1 is 1.14 bits per heavy atom. The van der Waals surface area contributed by atoms with E-state index in [1.54, 1.807) is 48.7 Å². The first-order chi connectivity index (χ1) is 13.4. The van der Waals surface area contributed by atoms with Crippen LogP contribution in [0.5, 0.6) is 0 Å². The van der Waals surface area contributed by atoms with Crippen LogP contribution >= 0.6 is 0 Å². The highest BCUT2D eigenvalue weighted by atomic mass is 19.1. The molecule has 3 aromatic rings. The second-order valence-electron chi connectivity index (χ2n) is 6.49. The van der Waals surface area contributed by atoms with Crippen LogP contribution in [0.25, 0.3) is 5.82 Å². The molecular weight excluding hydrogens is 361 g/mol. The predicted octanol–water partition coefficient (Wildman–Crippen LogP) is 2.93. The van der Waals surface area contributed by atoms with Crippen molar-refractivity contribution in [2.75, 3.05) is 5.32 Å². The van der Waals surface area contributed by atoms with Gasteiger partial charge in [0.15, 0.2) is 0 Å². The van der Waals surface area contributed by atoms with E-state index in [0.717, 1.165) is 0 Å². The van der Waals surface area contributed by atoms with Gasteiger partial charge in [-0.25, -0.2) is 14.4 Å². The Labute approximate surface area is 161 Å². The van der Waals surface area contributed by atoms with Gasteiger partial charge in [-0.3, -0.25) is 14.2 Å². The van der Waals surface area contributed by atoms with Gasteiger partial charge in [0.25, 0.3) is 5.91 Å². The SMILES string of the molecule is CC(C)C(=O)Nc1ccc(-n2cnc(C(=O)NCc3ccccc3F)c2)nc1. The summed E-state index contributed by atoms with van der Waals surface area (Å²) in [7, 11) is 0. The summed E-state index contributed by atoms with van der Waals surface area (Å²) >= 11 is 0. The summed E-state index contributed by atoms with van der Waals surface area (Å²) in [5, 5.41) is 5.40. The normalized spacial score (nSPS) is 10.7. The maximum absolute atomic E-state index is 13.6. The summed E-state index contributed by atoms with van der Waals surface area (Å²) in [5.74, 6) is -0.460. The van der Waals surface area contributed by atoms with Crippen molar-refractivity contribution in [2.45, 2.75) is 20.4 Å². The number of amides is 2. The molecule has 1 aromatic carbocycles. The van der Waals surface area contributed by atoms with Crippen molar-refractivity contribution in [3.05, 3.63) is 72.2 Å². The highest BCUT2D eigenvalue weighted by Gasteiger charge is 2.12. The lowest BCUT2D eigenvalue weighted by atomic mass is 10.2. The Morgan fingerprint density at radius 3 is 2.61 bits per heavy atom. The van der Waals surface area contributed by atoms with Crippen molar-refractivity contribution in [1.82, 2.24) is 19.9 Å². The summed E-state index contributed by atoms with van der Waals surface area (Å²) in [6, 6.07) is 9.68. The molecule has 0 aliphatic rings. The van der Waals surface area contributed by atoms with E-state index in [-0.39, 0.29) is 29.9 Å². The molecule has 144 valence electrons. The van der Waals surface area contributed by atoms with Crippen molar-refractivity contribution in [1.29, 1.82) is 0 Å². The molecule has 0 saturated carbocycles. The van der Waals surface area contributed by atoms with Crippen LogP contribution in [-0.2, 0) is 11.3 Å². The number of imidazole rings is 1.